The second kappa shape index (κ2) is 5.76. The normalized spacial score (nSPS) is 36.2. The van der Waals surface area contributed by atoms with Gasteiger partial charge < -0.3 is 10.2 Å². The molecule has 0 aliphatic carbocycles. The summed E-state index contributed by atoms with van der Waals surface area (Å²) in [7, 11) is 2.25. The Bertz CT molecular complexity index is 432. The number of hydrogen-bond acceptors (Lipinski definition) is 4. The van der Waals surface area contributed by atoms with Crippen molar-refractivity contribution in [3.8, 4) is 0 Å². The summed E-state index contributed by atoms with van der Waals surface area (Å²) in [5, 5.41) is 6.94. The molecule has 1 aromatic heterocycles. The van der Waals surface area contributed by atoms with Crippen LogP contribution in [0.1, 0.15) is 44.7 Å². The van der Waals surface area contributed by atoms with E-state index in [9.17, 15) is 0 Å². The maximum Gasteiger partial charge on any atom is 0.0649 e. The van der Waals surface area contributed by atoms with Gasteiger partial charge in [0.2, 0.25) is 0 Å². The molecule has 3 heterocycles. The Morgan fingerprint density at radius 2 is 2.16 bits per heavy atom. The molecule has 0 amide bonds. The number of hydrogen-bond donors (Lipinski definition) is 1. The molecule has 0 spiro atoms. The lowest BCUT2D eigenvalue weighted by atomic mass is 9.96. The van der Waals surface area contributed by atoms with E-state index in [2.05, 4.69) is 54.3 Å². The van der Waals surface area contributed by atoms with Crippen LogP contribution in [0.2, 0.25) is 0 Å². The predicted octanol–water partition coefficient (Wildman–Crippen LogP) is 3.75. The van der Waals surface area contributed by atoms with Crippen LogP contribution >= 0.6 is 23.1 Å². The van der Waals surface area contributed by atoms with E-state index in [0.717, 1.165) is 5.25 Å². The van der Waals surface area contributed by atoms with Gasteiger partial charge in [-0.3, -0.25) is 0 Å². The lowest BCUT2D eigenvalue weighted by Crippen LogP contribution is -2.47. The smallest absolute Gasteiger partial charge is 0.0649 e. The summed E-state index contributed by atoms with van der Waals surface area (Å²) in [5.41, 5.74) is 1.56. The van der Waals surface area contributed by atoms with Gasteiger partial charge in [0, 0.05) is 23.4 Å². The quantitative estimate of drug-likeness (QED) is 0.895. The largest absolute Gasteiger partial charge is 0.307 e. The molecular weight excluding hydrogens is 272 g/mol. The van der Waals surface area contributed by atoms with Crippen LogP contribution in [0.5, 0.6) is 0 Å². The summed E-state index contributed by atoms with van der Waals surface area (Å²) >= 11 is 3.97. The molecule has 4 heteroatoms. The second-order valence-corrected chi connectivity index (χ2v) is 8.72. The molecule has 0 radical (unpaired) electrons. The Morgan fingerprint density at radius 3 is 2.95 bits per heavy atom. The molecule has 1 aromatic rings. The molecule has 0 bridgehead atoms. The van der Waals surface area contributed by atoms with Gasteiger partial charge in [-0.05, 0) is 56.8 Å². The van der Waals surface area contributed by atoms with E-state index in [1.807, 2.05) is 11.3 Å². The average molecular weight is 297 g/mol. The Morgan fingerprint density at radius 1 is 1.32 bits per heavy atom. The summed E-state index contributed by atoms with van der Waals surface area (Å²) < 4.78 is 1.54. The molecule has 0 aromatic carbocycles. The van der Waals surface area contributed by atoms with Gasteiger partial charge in [0.25, 0.3) is 0 Å². The Balaban J connectivity index is 1.67. The fourth-order valence-electron chi connectivity index (χ4n) is 3.23. The second-order valence-electron chi connectivity index (χ2n) is 6.10. The van der Waals surface area contributed by atoms with Crippen LogP contribution in [0.15, 0.2) is 15.7 Å². The van der Waals surface area contributed by atoms with Crippen LogP contribution in [0.25, 0.3) is 0 Å². The fraction of sp³-hybridized carbons (Fsp3) is 0.733. The van der Waals surface area contributed by atoms with Crippen LogP contribution in [-0.4, -0.2) is 35.8 Å². The van der Waals surface area contributed by atoms with Crippen molar-refractivity contribution in [2.24, 2.45) is 0 Å². The number of thiophene rings is 1. The third-order valence-corrected chi connectivity index (χ3v) is 6.90. The topological polar surface area (TPSA) is 15.3 Å². The maximum atomic E-state index is 3.95. The SMILES string of the molecule is CC1CC(NC2C[C@H](C)Sc3sccc32)CCN1C. The fourth-order valence-corrected chi connectivity index (χ4v) is 5.80. The van der Waals surface area contributed by atoms with Gasteiger partial charge in [-0.25, -0.2) is 0 Å². The van der Waals surface area contributed by atoms with Gasteiger partial charge >= 0.3 is 0 Å². The number of rotatable bonds is 2. The molecule has 19 heavy (non-hydrogen) atoms. The van der Waals surface area contributed by atoms with Crippen molar-refractivity contribution in [2.75, 3.05) is 13.6 Å². The molecule has 2 nitrogen and oxygen atoms in total. The average Bonchev–Trinajstić information content (AvgIpc) is 2.82. The molecular formula is C15H24N2S2. The first kappa shape index (κ1) is 13.9. The molecule has 3 rings (SSSR count). The van der Waals surface area contributed by atoms with Crippen molar-refractivity contribution in [1.82, 2.24) is 10.2 Å². The van der Waals surface area contributed by atoms with Gasteiger partial charge in [-0.1, -0.05) is 6.92 Å². The van der Waals surface area contributed by atoms with E-state index in [1.54, 1.807) is 5.56 Å². The molecule has 2 aliphatic rings. The van der Waals surface area contributed by atoms with Gasteiger partial charge in [0.05, 0.1) is 4.21 Å². The van der Waals surface area contributed by atoms with E-state index in [4.69, 9.17) is 0 Å². The molecule has 4 atom stereocenters. The zero-order chi connectivity index (χ0) is 13.4. The van der Waals surface area contributed by atoms with Gasteiger partial charge in [0.1, 0.15) is 0 Å². The highest BCUT2D eigenvalue weighted by molar-refractivity contribution is 8.01. The number of fused-ring (bicyclic) bond motifs is 1. The zero-order valence-electron chi connectivity index (χ0n) is 12.1. The summed E-state index contributed by atoms with van der Waals surface area (Å²) in [5.74, 6) is 0. The number of likely N-dealkylation sites (tertiary alicyclic amines) is 1. The Labute approximate surface area is 125 Å². The number of nitrogens with one attached hydrogen (secondary N) is 1. The number of piperidine rings is 1. The van der Waals surface area contributed by atoms with Crippen molar-refractivity contribution >= 4 is 23.1 Å². The first-order chi connectivity index (χ1) is 9.13. The first-order valence-electron chi connectivity index (χ1n) is 7.34. The van der Waals surface area contributed by atoms with Crippen LogP contribution in [-0.2, 0) is 0 Å². The molecule has 1 fully saturated rings. The van der Waals surface area contributed by atoms with Crippen LogP contribution in [0.3, 0.4) is 0 Å². The molecule has 2 aliphatic heterocycles. The van der Waals surface area contributed by atoms with Crippen molar-refractivity contribution in [3.05, 3.63) is 17.0 Å². The highest BCUT2D eigenvalue weighted by Crippen LogP contribution is 2.44. The van der Waals surface area contributed by atoms with E-state index < -0.39 is 0 Å². The highest BCUT2D eigenvalue weighted by Gasteiger charge is 2.30. The molecule has 106 valence electrons. The minimum Gasteiger partial charge on any atom is -0.307 e. The van der Waals surface area contributed by atoms with Gasteiger partial charge in [0.15, 0.2) is 0 Å². The van der Waals surface area contributed by atoms with Crippen molar-refractivity contribution in [1.29, 1.82) is 0 Å². The molecule has 3 unspecified atom stereocenters. The number of thioether (sulfide) groups is 1. The maximum absolute atomic E-state index is 3.95. The van der Waals surface area contributed by atoms with E-state index >= 15 is 0 Å². The summed E-state index contributed by atoms with van der Waals surface area (Å²) in [6.45, 7) is 5.94. The van der Waals surface area contributed by atoms with Crippen LogP contribution in [0, 0.1) is 0 Å². The van der Waals surface area contributed by atoms with E-state index in [0.29, 0.717) is 18.1 Å². The van der Waals surface area contributed by atoms with Crippen LogP contribution in [0.4, 0.5) is 0 Å². The lowest BCUT2D eigenvalue weighted by molar-refractivity contribution is 0.161. The summed E-state index contributed by atoms with van der Waals surface area (Å²) in [6, 6.07) is 4.32. The van der Waals surface area contributed by atoms with Crippen LogP contribution < -0.4 is 5.32 Å². The van der Waals surface area contributed by atoms with Gasteiger partial charge in [-0.2, -0.15) is 0 Å². The van der Waals surface area contributed by atoms with E-state index in [-0.39, 0.29) is 0 Å². The van der Waals surface area contributed by atoms with E-state index in [1.165, 1.54) is 30.0 Å². The minimum atomic E-state index is 0.582. The minimum absolute atomic E-state index is 0.582. The lowest BCUT2D eigenvalue weighted by Gasteiger charge is -2.38. The first-order valence-corrected chi connectivity index (χ1v) is 9.09. The Hall–Kier alpha value is -0.0300. The third-order valence-electron chi connectivity index (χ3n) is 4.55. The summed E-state index contributed by atoms with van der Waals surface area (Å²) in [4.78, 5) is 2.48. The van der Waals surface area contributed by atoms with Gasteiger partial charge in [-0.15, -0.1) is 23.1 Å². The summed E-state index contributed by atoms with van der Waals surface area (Å²) in [6.07, 6.45) is 3.85. The molecule has 1 N–H and O–H groups in total. The highest BCUT2D eigenvalue weighted by atomic mass is 32.2. The Kier molecular flexibility index (Phi) is 4.22. The molecule has 1 saturated heterocycles. The predicted molar refractivity (Wildman–Crippen MR) is 85.2 cm³/mol. The van der Waals surface area contributed by atoms with Crippen molar-refractivity contribution < 1.29 is 0 Å². The van der Waals surface area contributed by atoms with Crippen molar-refractivity contribution in [3.63, 3.8) is 0 Å². The molecule has 0 saturated carbocycles. The third kappa shape index (κ3) is 3.02. The zero-order valence-corrected chi connectivity index (χ0v) is 13.7. The monoisotopic (exact) mass is 296 g/mol. The van der Waals surface area contributed by atoms with Crippen molar-refractivity contribution in [2.45, 2.75) is 60.7 Å². The number of nitrogens with zero attached hydrogens (tertiary/aromatic N) is 1. The standard InChI is InChI=1S/C15H24N2S2/c1-10-8-12(4-6-17(10)3)16-14-9-11(2)19-15-13(14)5-7-18-15/h5,7,10-12,14,16H,4,6,8-9H2,1-3H3/t10?,11-,12?,14?/m0/s1.